The maximum Gasteiger partial charge on any atom is 0.338 e. The Hall–Kier alpha value is -2.16. The zero-order valence-corrected chi connectivity index (χ0v) is 11.5. The molecule has 0 bridgehead atoms. The average Bonchev–Trinajstić information content (AvgIpc) is 2.32. The highest BCUT2D eigenvalue weighted by atomic mass is 32.2. The molecule has 0 radical (unpaired) electrons. The standard InChI is InChI=1S/C11H14N2O6S/c1-20(18,19)7-3-6-12-10-8(11(14)15)4-2-5-9(10)13(16)17/h2,4-5,12H,3,6-7H2,1H3,(H,14,15). The van der Waals surface area contributed by atoms with E-state index >= 15 is 0 Å². The number of nitrogens with zero attached hydrogens (tertiary/aromatic N) is 1. The maximum atomic E-state index is 11.0. The fourth-order valence-electron chi connectivity index (χ4n) is 1.60. The molecule has 110 valence electrons. The van der Waals surface area contributed by atoms with Crippen LogP contribution in [0.15, 0.2) is 18.2 Å². The number of rotatable bonds is 7. The Morgan fingerprint density at radius 3 is 2.60 bits per heavy atom. The van der Waals surface area contributed by atoms with E-state index in [0.29, 0.717) is 0 Å². The van der Waals surface area contributed by atoms with Crippen LogP contribution in [0.3, 0.4) is 0 Å². The lowest BCUT2D eigenvalue weighted by Gasteiger charge is -2.09. The van der Waals surface area contributed by atoms with Crippen LogP contribution >= 0.6 is 0 Å². The van der Waals surface area contributed by atoms with E-state index in [0.717, 1.165) is 6.26 Å². The predicted molar refractivity (Wildman–Crippen MR) is 72.9 cm³/mol. The van der Waals surface area contributed by atoms with E-state index in [-0.39, 0.29) is 35.7 Å². The third-order valence-electron chi connectivity index (χ3n) is 2.46. The number of carboxylic acid groups (broad SMARTS) is 1. The Labute approximate surface area is 115 Å². The van der Waals surface area contributed by atoms with Crippen molar-refractivity contribution in [2.75, 3.05) is 23.9 Å². The molecule has 20 heavy (non-hydrogen) atoms. The third-order valence-corrected chi connectivity index (χ3v) is 3.49. The summed E-state index contributed by atoms with van der Waals surface area (Å²) in [6.07, 6.45) is 1.31. The number of hydrogen-bond acceptors (Lipinski definition) is 6. The molecule has 0 aliphatic carbocycles. The highest BCUT2D eigenvalue weighted by Gasteiger charge is 2.20. The zero-order chi connectivity index (χ0) is 15.3. The van der Waals surface area contributed by atoms with E-state index in [1.165, 1.54) is 18.2 Å². The highest BCUT2D eigenvalue weighted by Crippen LogP contribution is 2.28. The molecule has 2 N–H and O–H groups in total. The number of carboxylic acids is 1. The molecule has 0 aliphatic rings. The van der Waals surface area contributed by atoms with Crippen molar-refractivity contribution in [3.8, 4) is 0 Å². The zero-order valence-electron chi connectivity index (χ0n) is 10.7. The molecule has 0 unspecified atom stereocenters. The molecule has 0 heterocycles. The number of benzene rings is 1. The molecule has 1 aromatic carbocycles. The van der Waals surface area contributed by atoms with Crippen LogP contribution in [-0.4, -0.2) is 43.0 Å². The van der Waals surface area contributed by atoms with Gasteiger partial charge in [0.25, 0.3) is 5.69 Å². The van der Waals surface area contributed by atoms with Crippen molar-refractivity contribution in [3.63, 3.8) is 0 Å². The molecule has 0 amide bonds. The average molecular weight is 302 g/mol. The molecule has 0 aromatic heterocycles. The Kier molecular flexibility index (Phi) is 5.03. The van der Waals surface area contributed by atoms with E-state index in [1.54, 1.807) is 0 Å². The summed E-state index contributed by atoms with van der Waals surface area (Å²) in [5.41, 5.74) is -0.693. The van der Waals surface area contributed by atoms with Crippen LogP contribution in [0.25, 0.3) is 0 Å². The van der Waals surface area contributed by atoms with Gasteiger partial charge in [0, 0.05) is 18.9 Å². The molecule has 8 nitrogen and oxygen atoms in total. The molecular weight excluding hydrogens is 288 g/mol. The number of sulfone groups is 1. The van der Waals surface area contributed by atoms with E-state index < -0.39 is 20.7 Å². The summed E-state index contributed by atoms with van der Waals surface area (Å²) in [6, 6.07) is 3.71. The molecule has 0 aliphatic heterocycles. The molecule has 0 atom stereocenters. The lowest BCUT2D eigenvalue weighted by atomic mass is 10.1. The number of anilines is 1. The van der Waals surface area contributed by atoms with Crippen LogP contribution in [0.4, 0.5) is 11.4 Å². The van der Waals surface area contributed by atoms with Gasteiger partial charge < -0.3 is 10.4 Å². The Bertz CT molecular complexity index is 594. The predicted octanol–water partition coefficient (Wildman–Crippen LogP) is 1.14. The summed E-state index contributed by atoms with van der Waals surface area (Å²) in [5.74, 6) is -1.37. The maximum absolute atomic E-state index is 11.0. The van der Waals surface area contributed by atoms with Crippen LogP contribution in [-0.2, 0) is 9.84 Å². The fraction of sp³-hybridized carbons (Fsp3) is 0.364. The molecule has 0 saturated carbocycles. The minimum Gasteiger partial charge on any atom is -0.478 e. The van der Waals surface area contributed by atoms with Gasteiger partial charge in [-0.1, -0.05) is 6.07 Å². The topological polar surface area (TPSA) is 127 Å². The van der Waals surface area contributed by atoms with Gasteiger partial charge in [-0.15, -0.1) is 0 Å². The smallest absolute Gasteiger partial charge is 0.338 e. The Balaban J connectivity index is 2.91. The van der Waals surface area contributed by atoms with Crippen LogP contribution in [0, 0.1) is 10.1 Å². The van der Waals surface area contributed by atoms with Crippen molar-refractivity contribution in [1.29, 1.82) is 0 Å². The summed E-state index contributed by atoms with van der Waals surface area (Å²) in [6.45, 7) is 0.123. The van der Waals surface area contributed by atoms with Gasteiger partial charge >= 0.3 is 5.97 Å². The number of aromatic carboxylic acids is 1. The number of para-hydroxylation sites is 1. The first-order chi connectivity index (χ1) is 9.22. The number of nitrogens with one attached hydrogen (secondary N) is 1. The van der Waals surface area contributed by atoms with Gasteiger partial charge in [-0.05, 0) is 12.5 Å². The van der Waals surface area contributed by atoms with Gasteiger partial charge in [-0.3, -0.25) is 10.1 Å². The molecule has 9 heteroatoms. The van der Waals surface area contributed by atoms with Gasteiger partial charge in [-0.25, -0.2) is 13.2 Å². The fourth-order valence-corrected chi connectivity index (χ4v) is 2.27. The SMILES string of the molecule is CS(=O)(=O)CCCNc1c(C(=O)O)cccc1[N+](=O)[O-]. The van der Waals surface area contributed by atoms with E-state index in [9.17, 15) is 23.3 Å². The van der Waals surface area contributed by atoms with Gasteiger partial charge in [0.2, 0.25) is 0 Å². The van der Waals surface area contributed by atoms with E-state index in [1.807, 2.05) is 0 Å². The minimum atomic E-state index is -3.12. The van der Waals surface area contributed by atoms with Crippen molar-refractivity contribution < 1.29 is 23.2 Å². The van der Waals surface area contributed by atoms with E-state index in [2.05, 4.69) is 5.32 Å². The van der Waals surface area contributed by atoms with E-state index in [4.69, 9.17) is 5.11 Å². The number of carbonyl (C=O) groups is 1. The van der Waals surface area contributed by atoms with Crippen molar-refractivity contribution >= 4 is 27.2 Å². The van der Waals surface area contributed by atoms with Crippen LogP contribution in [0.5, 0.6) is 0 Å². The van der Waals surface area contributed by atoms with Gasteiger partial charge in [0.15, 0.2) is 0 Å². The monoisotopic (exact) mass is 302 g/mol. The van der Waals surface area contributed by atoms with Gasteiger partial charge in [-0.2, -0.15) is 0 Å². The molecule has 1 rings (SSSR count). The normalized spacial score (nSPS) is 11.1. The lowest BCUT2D eigenvalue weighted by Crippen LogP contribution is -2.13. The first-order valence-corrected chi connectivity index (χ1v) is 7.70. The highest BCUT2D eigenvalue weighted by molar-refractivity contribution is 7.90. The second kappa shape index (κ2) is 6.33. The van der Waals surface area contributed by atoms with Crippen molar-refractivity contribution in [1.82, 2.24) is 0 Å². The van der Waals surface area contributed by atoms with Gasteiger partial charge in [0.1, 0.15) is 15.5 Å². The molecule has 0 spiro atoms. The third kappa shape index (κ3) is 4.50. The lowest BCUT2D eigenvalue weighted by molar-refractivity contribution is -0.384. The molecular formula is C11H14N2O6S. The minimum absolute atomic E-state index is 0.0803. The number of nitro benzene ring substituents is 1. The van der Waals surface area contributed by atoms with Crippen molar-refractivity contribution in [3.05, 3.63) is 33.9 Å². The quantitative estimate of drug-likeness (QED) is 0.439. The van der Waals surface area contributed by atoms with Crippen LogP contribution < -0.4 is 5.32 Å². The van der Waals surface area contributed by atoms with Crippen LogP contribution in [0.1, 0.15) is 16.8 Å². The second-order valence-corrected chi connectivity index (χ2v) is 6.43. The van der Waals surface area contributed by atoms with Crippen LogP contribution in [0.2, 0.25) is 0 Å². The summed E-state index contributed by atoms with van der Waals surface area (Å²) >= 11 is 0. The summed E-state index contributed by atoms with van der Waals surface area (Å²) in [4.78, 5) is 21.2. The Morgan fingerprint density at radius 2 is 2.10 bits per heavy atom. The largest absolute Gasteiger partial charge is 0.478 e. The molecule has 1 aromatic rings. The molecule has 0 saturated heterocycles. The molecule has 0 fully saturated rings. The number of hydrogen-bond donors (Lipinski definition) is 2. The van der Waals surface area contributed by atoms with Gasteiger partial charge in [0.05, 0.1) is 16.2 Å². The van der Waals surface area contributed by atoms with Crippen molar-refractivity contribution in [2.24, 2.45) is 0 Å². The van der Waals surface area contributed by atoms with Crippen molar-refractivity contribution in [2.45, 2.75) is 6.42 Å². The second-order valence-electron chi connectivity index (χ2n) is 4.17. The Morgan fingerprint density at radius 1 is 1.45 bits per heavy atom. The first-order valence-electron chi connectivity index (χ1n) is 5.64. The summed E-state index contributed by atoms with van der Waals surface area (Å²) in [7, 11) is -3.12. The summed E-state index contributed by atoms with van der Waals surface area (Å²) < 4.78 is 21.9. The number of nitro groups is 1. The summed E-state index contributed by atoms with van der Waals surface area (Å²) in [5, 5.41) is 22.5. The first kappa shape index (κ1) is 15.9.